The predicted octanol–water partition coefficient (Wildman–Crippen LogP) is 2.44. The number of thioether (sulfide) groups is 1. The fraction of sp³-hybridized carbons (Fsp3) is 0.769. The Morgan fingerprint density at radius 3 is 2.89 bits per heavy atom. The van der Waals surface area contributed by atoms with Gasteiger partial charge in [-0.1, -0.05) is 20.8 Å². The van der Waals surface area contributed by atoms with Crippen LogP contribution in [-0.2, 0) is 16.6 Å². The standard InChI is InChI=1S/C13H22N2OS2/c1-13(2,3)11-8-18-12(15-11)6-9(14)10-7-17-5-4-16-10/h8-10H,4-7,14H2,1-3H3. The highest BCUT2D eigenvalue weighted by Gasteiger charge is 2.24. The van der Waals surface area contributed by atoms with E-state index in [0.29, 0.717) is 0 Å². The zero-order valence-electron chi connectivity index (χ0n) is 11.3. The predicted molar refractivity (Wildman–Crippen MR) is 79.6 cm³/mol. The molecule has 2 heterocycles. The highest BCUT2D eigenvalue weighted by molar-refractivity contribution is 7.99. The number of nitrogens with two attached hydrogens (primary N) is 1. The molecule has 3 nitrogen and oxygen atoms in total. The van der Waals surface area contributed by atoms with Crippen LogP contribution >= 0.6 is 23.1 Å². The molecule has 1 fully saturated rings. The maximum atomic E-state index is 6.23. The van der Waals surface area contributed by atoms with Crippen LogP contribution in [0.5, 0.6) is 0 Å². The SMILES string of the molecule is CC(C)(C)c1csc(CC(N)C2CSCCO2)n1. The fourth-order valence-corrected chi connectivity index (χ4v) is 3.89. The van der Waals surface area contributed by atoms with Gasteiger partial charge in [0.2, 0.25) is 0 Å². The fourth-order valence-electron chi connectivity index (χ4n) is 1.84. The molecule has 2 rings (SSSR count). The molecule has 0 saturated carbocycles. The van der Waals surface area contributed by atoms with Crippen molar-refractivity contribution < 1.29 is 4.74 Å². The van der Waals surface area contributed by atoms with E-state index in [-0.39, 0.29) is 17.6 Å². The molecule has 1 aromatic heterocycles. The third-order valence-electron chi connectivity index (χ3n) is 3.05. The zero-order valence-corrected chi connectivity index (χ0v) is 12.9. The second kappa shape index (κ2) is 5.90. The lowest BCUT2D eigenvalue weighted by Crippen LogP contribution is -2.42. The topological polar surface area (TPSA) is 48.1 Å². The van der Waals surface area contributed by atoms with Crippen LogP contribution in [0.3, 0.4) is 0 Å². The van der Waals surface area contributed by atoms with Crippen LogP contribution in [0.4, 0.5) is 0 Å². The van der Waals surface area contributed by atoms with Gasteiger partial charge in [-0.2, -0.15) is 11.8 Å². The minimum atomic E-state index is 0.0665. The summed E-state index contributed by atoms with van der Waals surface area (Å²) < 4.78 is 5.72. The smallest absolute Gasteiger partial charge is 0.0944 e. The number of rotatable bonds is 3. The maximum absolute atomic E-state index is 6.23. The first-order valence-electron chi connectivity index (χ1n) is 6.36. The van der Waals surface area contributed by atoms with Gasteiger partial charge >= 0.3 is 0 Å². The Morgan fingerprint density at radius 2 is 2.33 bits per heavy atom. The van der Waals surface area contributed by atoms with Crippen LogP contribution in [0.2, 0.25) is 0 Å². The van der Waals surface area contributed by atoms with Crippen molar-refractivity contribution in [3.05, 3.63) is 16.1 Å². The largest absolute Gasteiger partial charge is 0.375 e. The van der Waals surface area contributed by atoms with Crippen molar-refractivity contribution in [3.8, 4) is 0 Å². The van der Waals surface area contributed by atoms with Crippen molar-refractivity contribution in [2.75, 3.05) is 18.1 Å². The third-order valence-corrected chi connectivity index (χ3v) is 4.94. The zero-order chi connectivity index (χ0) is 13.2. The van der Waals surface area contributed by atoms with Crippen molar-refractivity contribution in [2.24, 2.45) is 5.73 Å². The molecule has 0 bridgehead atoms. The molecule has 0 amide bonds. The highest BCUT2D eigenvalue weighted by Crippen LogP contribution is 2.25. The molecule has 1 aliphatic rings. The lowest BCUT2D eigenvalue weighted by Gasteiger charge is -2.27. The number of thiazole rings is 1. The van der Waals surface area contributed by atoms with Crippen molar-refractivity contribution in [3.63, 3.8) is 0 Å². The van der Waals surface area contributed by atoms with E-state index < -0.39 is 0 Å². The lowest BCUT2D eigenvalue weighted by molar-refractivity contribution is 0.0571. The van der Waals surface area contributed by atoms with Gasteiger partial charge in [-0.15, -0.1) is 11.3 Å². The van der Waals surface area contributed by atoms with E-state index in [2.05, 4.69) is 26.2 Å². The molecule has 1 saturated heterocycles. The summed E-state index contributed by atoms with van der Waals surface area (Å²) >= 11 is 3.64. The minimum Gasteiger partial charge on any atom is -0.375 e. The summed E-state index contributed by atoms with van der Waals surface area (Å²) in [7, 11) is 0. The minimum absolute atomic E-state index is 0.0665. The Hall–Kier alpha value is -0.100. The lowest BCUT2D eigenvalue weighted by atomic mass is 9.93. The van der Waals surface area contributed by atoms with Crippen molar-refractivity contribution >= 4 is 23.1 Å². The molecule has 102 valence electrons. The van der Waals surface area contributed by atoms with E-state index in [9.17, 15) is 0 Å². The van der Waals surface area contributed by atoms with Crippen LogP contribution in [0.25, 0.3) is 0 Å². The Kier molecular flexibility index (Phi) is 4.69. The van der Waals surface area contributed by atoms with E-state index in [1.807, 2.05) is 11.8 Å². The number of aromatic nitrogens is 1. The molecule has 2 atom stereocenters. The highest BCUT2D eigenvalue weighted by atomic mass is 32.2. The number of nitrogens with zero attached hydrogens (tertiary/aromatic N) is 1. The molecular formula is C13H22N2OS2. The van der Waals surface area contributed by atoms with Crippen molar-refractivity contribution in [1.82, 2.24) is 4.98 Å². The molecule has 5 heteroatoms. The first kappa shape index (κ1) is 14.3. The molecule has 18 heavy (non-hydrogen) atoms. The maximum Gasteiger partial charge on any atom is 0.0944 e. The van der Waals surface area contributed by atoms with Crippen molar-refractivity contribution in [2.45, 2.75) is 44.8 Å². The van der Waals surface area contributed by atoms with Gasteiger partial charge in [-0.05, 0) is 0 Å². The first-order chi connectivity index (χ1) is 8.47. The van der Waals surface area contributed by atoms with Gasteiger partial charge in [-0.25, -0.2) is 4.98 Å². The monoisotopic (exact) mass is 286 g/mol. The average Bonchev–Trinajstić information content (AvgIpc) is 2.78. The second-order valence-corrected chi connectivity index (χ2v) is 7.82. The number of hydrogen-bond donors (Lipinski definition) is 1. The summed E-state index contributed by atoms with van der Waals surface area (Å²) in [6.07, 6.45) is 1.01. The Bertz CT molecular complexity index is 381. The summed E-state index contributed by atoms with van der Waals surface area (Å²) in [6, 6.07) is 0.0665. The Morgan fingerprint density at radius 1 is 1.56 bits per heavy atom. The number of ether oxygens (including phenoxy) is 1. The molecule has 0 aromatic carbocycles. The summed E-state index contributed by atoms with van der Waals surface area (Å²) in [5.74, 6) is 2.10. The molecule has 2 N–H and O–H groups in total. The van der Waals surface area contributed by atoms with Crippen LogP contribution in [0, 0.1) is 0 Å². The van der Waals surface area contributed by atoms with Gasteiger partial charge in [0.1, 0.15) is 0 Å². The van der Waals surface area contributed by atoms with Gasteiger partial charge in [0, 0.05) is 34.8 Å². The van der Waals surface area contributed by atoms with Crippen LogP contribution < -0.4 is 5.73 Å². The van der Waals surface area contributed by atoms with Crippen LogP contribution in [0.1, 0.15) is 31.5 Å². The second-order valence-electron chi connectivity index (χ2n) is 5.73. The van der Waals surface area contributed by atoms with Crippen LogP contribution in [0.15, 0.2) is 5.38 Å². The first-order valence-corrected chi connectivity index (χ1v) is 8.40. The molecule has 0 aliphatic carbocycles. The van der Waals surface area contributed by atoms with E-state index in [1.165, 1.54) is 0 Å². The van der Waals surface area contributed by atoms with E-state index in [1.54, 1.807) is 11.3 Å². The van der Waals surface area contributed by atoms with Gasteiger partial charge in [-0.3, -0.25) is 0 Å². The van der Waals surface area contributed by atoms with Crippen LogP contribution in [-0.4, -0.2) is 35.2 Å². The average molecular weight is 286 g/mol. The Labute approximate surface area is 118 Å². The van der Waals surface area contributed by atoms with Crippen molar-refractivity contribution in [1.29, 1.82) is 0 Å². The number of hydrogen-bond acceptors (Lipinski definition) is 5. The van der Waals surface area contributed by atoms with Gasteiger partial charge in [0.25, 0.3) is 0 Å². The summed E-state index contributed by atoms with van der Waals surface area (Å²) in [5, 5.41) is 3.28. The molecule has 1 aromatic rings. The third kappa shape index (κ3) is 3.70. The summed E-state index contributed by atoms with van der Waals surface area (Å²) in [5.41, 5.74) is 7.51. The molecule has 0 spiro atoms. The van der Waals surface area contributed by atoms with E-state index in [4.69, 9.17) is 15.5 Å². The molecular weight excluding hydrogens is 264 g/mol. The quantitative estimate of drug-likeness (QED) is 0.927. The van der Waals surface area contributed by atoms with Gasteiger partial charge in [0.05, 0.1) is 23.4 Å². The summed E-state index contributed by atoms with van der Waals surface area (Å²) in [6.45, 7) is 7.39. The van der Waals surface area contributed by atoms with Gasteiger partial charge < -0.3 is 10.5 Å². The molecule has 2 unspecified atom stereocenters. The van der Waals surface area contributed by atoms with E-state index >= 15 is 0 Å². The molecule has 1 aliphatic heterocycles. The normalized spacial score (nSPS) is 23.0. The van der Waals surface area contributed by atoms with Gasteiger partial charge in [0.15, 0.2) is 0 Å². The summed E-state index contributed by atoms with van der Waals surface area (Å²) in [4.78, 5) is 4.69. The van der Waals surface area contributed by atoms with E-state index in [0.717, 1.165) is 35.2 Å². The molecule has 0 radical (unpaired) electrons. The Balaban J connectivity index is 1.94.